The Balaban J connectivity index is 0.00000131. The van der Waals surface area contributed by atoms with E-state index in [2.05, 4.69) is 20.9 Å². The van der Waals surface area contributed by atoms with Crippen LogP contribution in [0.2, 0.25) is 0 Å². The molecule has 4 heterocycles. The molecule has 2 aliphatic heterocycles. The normalized spacial score (nSPS) is 23.0. The second-order valence-corrected chi connectivity index (χ2v) is 8.43. The van der Waals surface area contributed by atoms with E-state index in [0.717, 1.165) is 12.8 Å². The van der Waals surface area contributed by atoms with Crippen molar-refractivity contribution in [1.82, 2.24) is 15.6 Å². The van der Waals surface area contributed by atoms with E-state index in [0.29, 0.717) is 27.8 Å². The average molecular weight is 449 g/mol. The van der Waals surface area contributed by atoms with Crippen LogP contribution in [0, 0.1) is 0 Å². The molecule has 3 N–H and O–H groups in total. The first-order chi connectivity index (χ1) is 12.2. The third-order valence-corrected chi connectivity index (χ3v) is 6.37. The van der Waals surface area contributed by atoms with Gasteiger partial charge in [0.05, 0.1) is 17.0 Å². The molecule has 4 rings (SSSR count). The van der Waals surface area contributed by atoms with E-state index in [1.807, 2.05) is 16.8 Å². The predicted octanol–water partition coefficient (Wildman–Crippen LogP) is 3.24. The van der Waals surface area contributed by atoms with Crippen LogP contribution in [0.5, 0.6) is 0 Å². The van der Waals surface area contributed by atoms with Crippen molar-refractivity contribution in [2.45, 2.75) is 50.2 Å². The third kappa shape index (κ3) is 5.65. The maximum atomic E-state index is 12.3. The van der Waals surface area contributed by atoms with Crippen molar-refractivity contribution >= 4 is 64.4 Å². The summed E-state index contributed by atoms with van der Waals surface area (Å²) in [4.78, 5) is 29.3. The van der Waals surface area contributed by atoms with Gasteiger partial charge in [0.25, 0.3) is 5.91 Å². The quantitative estimate of drug-likeness (QED) is 0.655. The van der Waals surface area contributed by atoms with Crippen LogP contribution in [-0.4, -0.2) is 34.9 Å². The average Bonchev–Trinajstić information content (AvgIpc) is 3.30. The molecule has 2 fully saturated rings. The summed E-state index contributed by atoms with van der Waals surface area (Å²) in [5, 5.41) is 13.7. The van der Waals surface area contributed by atoms with Gasteiger partial charge in [0.2, 0.25) is 5.91 Å². The van der Waals surface area contributed by atoms with Gasteiger partial charge in [-0.1, -0.05) is 6.07 Å². The van der Waals surface area contributed by atoms with Gasteiger partial charge in [0.1, 0.15) is 0 Å². The molecule has 2 unspecified atom stereocenters. The lowest BCUT2D eigenvalue weighted by atomic mass is 10.00. The fourth-order valence-corrected chi connectivity index (χ4v) is 4.95. The highest BCUT2D eigenvalue weighted by Gasteiger charge is 2.33. The van der Waals surface area contributed by atoms with Crippen LogP contribution in [0.3, 0.4) is 0 Å². The SMILES string of the molecule is Cl.Cl.O=C(Cc1csc(NC(=O)c2cccs2)n1)NC1CC2CCC(C1)N2. The van der Waals surface area contributed by atoms with Crippen LogP contribution < -0.4 is 16.0 Å². The first-order valence-electron chi connectivity index (χ1n) is 8.50. The molecule has 0 radical (unpaired) electrons. The number of thiazole rings is 1. The predicted molar refractivity (Wildman–Crippen MR) is 114 cm³/mol. The fraction of sp³-hybridized carbons (Fsp3) is 0.471. The number of piperidine rings is 1. The summed E-state index contributed by atoms with van der Waals surface area (Å²) in [7, 11) is 0. The minimum absolute atomic E-state index is 0. The van der Waals surface area contributed by atoms with Crippen molar-refractivity contribution in [3.05, 3.63) is 33.5 Å². The number of aromatic nitrogens is 1. The first-order valence-corrected chi connectivity index (χ1v) is 10.3. The lowest BCUT2D eigenvalue weighted by molar-refractivity contribution is -0.121. The number of halogens is 2. The van der Waals surface area contributed by atoms with Crippen molar-refractivity contribution in [3.63, 3.8) is 0 Å². The van der Waals surface area contributed by atoms with Crippen LogP contribution in [0.15, 0.2) is 22.9 Å². The second-order valence-electron chi connectivity index (χ2n) is 6.63. The molecule has 2 amide bonds. The molecule has 2 aromatic rings. The van der Waals surface area contributed by atoms with Gasteiger partial charge in [0, 0.05) is 23.5 Å². The molecule has 6 nitrogen and oxygen atoms in total. The Labute approximate surface area is 178 Å². The third-order valence-electron chi connectivity index (χ3n) is 4.70. The van der Waals surface area contributed by atoms with Gasteiger partial charge in [-0.15, -0.1) is 47.5 Å². The number of hydrogen-bond acceptors (Lipinski definition) is 6. The lowest BCUT2D eigenvalue weighted by Crippen LogP contribution is -2.48. The zero-order valence-electron chi connectivity index (χ0n) is 14.5. The van der Waals surface area contributed by atoms with Gasteiger partial charge in [-0.25, -0.2) is 4.98 Å². The van der Waals surface area contributed by atoms with Gasteiger partial charge in [0.15, 0.2) is 5.13 Å². The van der Waals surface area contributed by atoms with Gasteiger partial charge in [-0.3, -0.25) is 14.9 Å². The summed E-state index contributed by atoms with van der Waals surface area (Å²) in [6, 6.07) is 4.99. The van der Waals surface area contributed by atoms with E-state index in [-0.39, 0.29) is 49.1 Å². The monoisotopic (exact) mass is 448 g/mol. The molecule has 2 bridgehead atoms. The van der Waals surface area contributed by atoms with Crippen LogP contribution >= 0.6 is 47.5 Å². The van der Waals surface area contributed by atoms with Gasteiger partial charge < -0.3 is 10.6 Å². The molecular weight excluding hydrogens is 427 g/mol. The molecule has 27 heavy (non-hydrogen) atoms. The van der Waals surface area contributed by atoms with Crippen molar-refractivity contribution in [1.29, 1.82) is 0 Å². The molecule has 0 aliphatic carbocycles. The number of thiophene rings is 1. The molecule has 148 valence electrons. The minimum atomic E-state index is -0.162. The van der Waals surface area contributed by atoms with Crippen molar-refractivity contribution in [3.8, 4) is 0 Å². The Bertz CT molecular complexity index is 757. The molecule has 2 aliphatic rings. The highest BCUT2D eigenvalue weighted by Crippen LogP contribution is 2.27. The van der Waals surface area contributed by atoms with Crippen molar-refractivity contribution in [2.24, 2.45) is 0 Å². The Hall–Kier alpha value is -1.19. The molecule has 0 spiro atoms. The number of rotatable bonds is 5. The smallest absolute Gasteiger partial charge is 0.267 e. The zero-order chi connectivity index (χ0) is 17.2. The molecule has 0 aromatic carbocycles. The summed E-state index contributed by atoms with van der Waals surface area (Å²) in [5.41, 5.74) is 0.695. The van der Waals surface area contributed by atoms with Crippen molar-refractivity contribution < 1.29 is 9.59 Å². The van der Waals surface area contributed by atoms with E-state index < -0.39 is 0 Å². The summed E-state index contributed by atoms with van der Waals surface area (Å²) in [6.45, 7) is 0. The van der Waals surface area contributed by atoms with E-state index in [1.165, 1.54) is 35.5 Å². The molecule has 2 aromatic heterocycles. The zero-order valence-corrected chi connectivity index (χ0v) is 17.7. The largest absolute Gasteiger partial charge is 0.353 e. The minimum Gasteiger partial charge on any atom is -0.353 e. The number of carbonyl (C=O) groups is 2. The maximum Gasteiger partial charge on any atom is 0.267 e. The van der Waals surface area contributed by atoms with Crippen LogP contribution in [0.1, 0.15) is 41.0 Å². The Morgan fingerprint density at radius 1 is 1.19 bits per heavy atom. The van der Waals surface area contributed by atoms with E-state index in [4.69, 9.17) is 0 Å². The molecule has 10 heteroatoms. The number of carbonyl (C=O) groups excluding carboxylic acids is 2. The number of nitrogens with one attached hydrogen (secondary N) is 3. The highest BCUT2D eigenvalue weighted by molar-refractivity contribution is 7.14. The topological polar surface area (TPSA) is 83.1 Å². The second kappa shape index (κ2) is 9.84. The highest BCUT2D eigenvalue weighted by atomic mass is 35.5. The number of fused-ring (bicyclic) bond motifs is 2. The van der Waals surface area contributed by atoms with Crippen LogP contribution in [0.4, 0.5) is 5.13 Å². The van der Waals surface area contributed by atoms with Crippen molar-refractivity contribution in [2.75, 3.05) is 5.32 Å². The Morgan fingerprint density at radius 3 is 2.59 bits per heavy atom. The number of amides is 2. The van der Waals surface area contributed by atoms with Gasteiger partial charge in [-0.05, 0) is 37.1 Å². The molecular formula is C17H22Cl2N4O2S2. The molecule has 2 saturated heterocycles. The Morgan fingerprint density at radius 2 is 1.93 bits per heavy atom. The van der Waals surface area contributed by atoms with E-state index in [1.54, 1.807) is 6.07 Å². The lowest BCUT2D eigenvalue weighted by Gasteiger charge is -2.29. The fourth-order valence-electron chi connectivity index (χ4n) is 3.63. The van der Waals surface area contributed by atoms with Crippen LogP contribution in [0.25, 0.3) is 0 Å². The van der Waals surface area contributed by atoms with Crippen LogP contribution in [-0.2, 0) is 11.2 Å². The number of nitrogens with zero attached hydrogens (tertiary/aromatic N) is 1. The summed E-state index contributed by atoms with van der Waals surface area (Å²) >= 11 is 2.73. The maximum absolute atomic E-state index is 12.3. The van der Waals surface area contributed by atoms with Gasteiger partial charge >= 0.3 is 0 Å². The number of anilines is 1. The van der Waals surface area contributed by atoms with Gasteiger partial charge in [-0.2, -0.15) is 0 Å². The Kier molecular flexibility index (Phi) is 8.05. The van der Waals surface area contributed by atoms with E-state index >= 15 is 0 Å². The first kappa shape index (κ1) is 22.1. The summed E-state index contributed by atoms with van der Waals surface area (Å²) in [6.07, 6.45) is 4.72. The number of hydrogen-bond donors (Lipinski definition) is 3. The standard InChI is InChI=1S/C17H20N4O2S2.2ClH/c22-15(19-12-6-10-3-4-11(7-12)18-10)8-13-9-25-17(20-13)21-16(23)14-2-1-5-24-14;;/h1-2,5,9-12,18H,3-4,6-8H2,(H,19,22)(H,20,21,23);2*1H. The summed E-state index contributed by atoms with van der Waals surface area (Å²) in [5.74, 6) is -0.154. The van der Waals surface area contributed by atoms with E-state index in [9.17, 15) is 9.59 Å². The molecule has 0 saturated carbocycles. The summed E-state index contributed by atoms with van der Waals surface area (Å²) < 4.78 is 0. The molecule has 2 atom stereocenters.